The predicted octanol–water partition coefficient (Wildman–Crippen LogP) is 5.09. The number of aromatic nitrogens is 1. The molecule has 45 heavy (non-hydrogen) atoms. The Kier molecular flexibility index (Phi) is 10.3. The van der Waals surface area contributed by atoms with Gasteiger partial charge in [-0.2, -0.15) is 4.31 Å². The Hall–Kier alpha value is -3.74. The summed E-state index contributed by atoms with van der Waals surface area (Å²) in [5.74, 6) is -2.50. The fourth-order valence-electron chi connectivity index (χ4n) is 5.85. The van der Waals surface area contributed by atoms with E-state index in [9.17, 15) is 17.6 Å². The van der Waals surface area contributed by atoms with Crippen LogP contribution in [0.4, 0.5) is 14.5 Å². The number of rotatable bonds is 10. The molecule has 0 aliphatic carbocycles. The van der Waals surface area contributed by atoms with E-state index in [2.05, 4.69) is 15.6 Å². The maximum atomic E-state index is 15.3. The molecule has 0 saturated carbocycles. The lowest BCUT2D eigenvalue weighted by Crippen LogP contribution is -2.58. The lowest BCUT2D eigenvalue weighted by Gasteiger charge is -2.40. The minimum Gasteiger partial charge on any atom is -0.323 e. The highest BCUT2D eigenvalue weighted by Gasteiger charge is 2.38. The summed E-state index contributed by atoms with van der Waals surface area (Å²) in [5, 5.41) is 6.48. The van der Waals surface area contributed by atoms with Crippen molar-refractivity contribution >= 4 is 33.2 Å². The number of carbonyl (C=O) groups excluding carboxylic acids is 1. The Balaban J connectivity index is 1.38. The van der Waals surface area contributed by atoms with Gasteiger partial charge in [0.25, 0.3) is 0 Å². The van der Waals surface area contributed by atoms with Gasteiger partial charge in [-0.05, 0) is 67.3 Å². The molecule has 1 fully saturated rings. The van der Waals surface area contributed by atoms with Gasteiger partial charge in [0.05, 0.1) is 29.0 Å². The lowest BCUT2D eigenvalue weighted by molar-refractivity contribution is -0.117. The number of nitrogens with two attached hydrogens (primary N) is 1. The molecule has 8 nitrogen and oxygen atoms in total. The molecular formula is C33H34ClF2N5O3S. The molecule has 2 heterocycles. The van der Waals surface area contributed by atoms with Crippen molar-refractivity contribution in [1.82, 2.24) is 14.6 Å². The molecule has 1 aliphatic heterocycles. The summed E-state index contributed by atoms with van der Waals surface area (Å²) in [5.41, 5.74) is 7.94. The highest BCUT2D eigenvalue weighted by atomic mass is 35.5. The van der Waals surface area contributed by atoms with Crippen LogP contribution in [0.2, 0.25) is 5.02 Å². The molecule has 3 aromatic carbocycles. The molecule has 1 aromatic heterocycles. The van der Waals surface area contributed by atoms with Gasteiger partial charge in [0.1, 0.15) is 11.6 Å². The second-order valence-corrected chi connectivity index (χ2v) is 13.4. The van der Waals surface area contributed by atoms with Crippen LogP contribution >= 0.6 is 11.6 Å². The Morgan fingerprint density at radius 3 is 2.49 bits per heavy atom. The van der Waals surface area contributed by atoms with Crippen LogP contribution in [0.1, 0.15) is 36.0 Å². The number of hydrogen-bond donors (Lipinski definition) is 3. The largest absolute Gasteiger partial charge is 0.323 e. The van der Waals surface area contributed by atoms with Crippen LogP contribution in [0.25, 0.3) is 0 Å². The van der Waals surface area contributed by atoms with Gasteiger partial charge in [-0.3, -0.25) is 9.78 Å². The van der Waals surface area contributed by atoms with Crippen molar-refractivity contribution in [3.05, 3.63) is 125 Å². The van der Waals surface area contributed by atoms with E-state index in [-0.39, 0.29) is 35.0 Å². The second kappa shape index (κ2) is 14.1. The molecular weight excluding hydrogens is 620 g/mol. The fraction of sp³-hybridized carbons (Fsp3) is 0.273. The highest BCUT2D eigenvalue weighted by molar-refractivity contribution is 7.89. The number of pyridine rings is 1. The molecule has 12 heteroatoms. The monoisotopic (exact) mass is 653 g/mol. The van der Waals surface area contributed by atoms with Crippen LogP contribution in [-0.2, 0) is 21.2 Å². The summed E-state index contributed by atoms with van der Waals surface area (Å²) in [6.07, 6.45) is 2.77. The Bertz CT molecular complexity index is 1750. The van der Waals surface area contributed by atoms with Crippen LogP contribution in [0.5, 0.6) is 0 Å². The van der Waals surface area contributed by atoms with Crippen molar-refractivity contribution in [3.63, 3.8) is 0 Å². The van der Waals surface area contributed by atoms with Gasteiger partial charge in [0, 0.05) is 41.7 Å². The molecule has 0 radical (unpaired) electrons. The van der Waals surface area contributed by atoms with Crippen molar-refractivity contribution in [2.45, 2.75) is 48.7 Å². The first-order valence-electron chi connectivity index (χ1n) is 14.6. The van der Waals surface area contributed by atoms with Crippen LogP contribution in [-0.4, -0.2) is 54.8 Å². The first-order chi connectivity index (χ1) is 21.6. The number of carbonyl (C=O) groups is 1. The fourth-order valence-corrected chi connectivity index (χ4v) is 7.85. The van der Waals surface area contributed by atoms with Crippen molar-refractivity contribution in [1.29, 1.82) is 0 Å². The molecule has 0 bridgehead atoms. The third kappa shape index (κ3) is 7.40. The zero-order valence-electron chi connectivity index (χ0n) is 24.5. The zero-order valence-corrected chi connectivity index (χ0v) is 26.1. The number of benzene rings is 3. The number of halogens is 3. The van der Waals surface area contributed by atoms with Crippen LogP contribution < -0.4 is 16.4 Å². The zero-order chi connectivity index (χ0) is 32.1. The third-order valence-corrected chi connectivity index (χ3v) is 10.4. The maximum Gasteiger partial charge on any atom is 0.243 e. The molecule has 4 N–H and O–H groups in total. The summed E-state index contributed by atoms with van der Waals surface area (Å²) in [6.45, 7) is 2.69. The first kappa shape index (κ1) is 32.6. The molecule has 4 atom stereocenters. The third-order valence-electron chi connectivity index (χ3n) is 8.02. The van der Waals surface area contributed by atoms with Crippen LogP contribution in [0.3, 0.4) is 0 Å². The van der Waals surface area contributed by atoms with Crippen molar-refractivity contribution < 1.29 is 22.0 Å². The van der Waals surface area contributed by atoms with E-state index >= 15 is 4.39 Å². The first-order valence-corrected chi connectivity index (χ1v) is 16.4. The molecule has 236 valence electrons. The second-order valence-electron chi connectivity index (χ2n) is 11.1. The number of nitrogens with zero attached hydrogens (tertiary/aromatic N) is 2. The molecule has 0 unspecified atom stereocenters. The molecule has 0 spiro atoms. The standard InChI is InChI=1S/C33H34ClF2N5O3S/c1-21-17-38-18-26(41(21)45(43,44)27-8-3-2-4-9-27)14-15-28-29(36)19-39-20-30(28)40-33(42)32(37)31(22-10-12-24(34)13-11-22)23-6-5-7-25(35)16-23/h2-13,16,19-21,26,31-32,38H,14-15,17-18,37H2,1H3,(H,40,42)/t21-,26+,31+,32+/m1/s1. The smallest absolute Gasteiger partial charge is 0.243 e. The lowest BCUT2D eigenvalue weighted by atomic mass is 9.85. The Morgan fingerprint density at radius 2 is 1.78 bits per heavy atom. The van der Waals surface area contributed by atoms with Gasteiger partial charge in [-0.25, -0.2) is 17.2 Å². The highest BCUT2D eigenvalue weighted by Crippen LogP contribution is 2.31. The molecule has 1 aliphatic rings. The SMILES string of the molecule is C[C@@H]1CNC[C@H](CCc2c(F)cncc2NC(=O)[C@@H](N)[C@@H](c2ccc(Cl)cc2)c2cccc(F)c2)N1S(=O)(=O)c1ccccc1. The minimum atomic E-state index is -3.82. The summed E-state index contributed by atoms with van der Waals surface area (Å²) in [6, 6.07) is 18.8. The molecule has 1 saturated heterocycles. The summed E-state index contributed by atoms with van der Waals surface area (Å²) < 4.78 is 58.2. The topological polar surface area (TPSA) is 117 Å². The minimum absolute atomic E-state index is 0.115. The predicted molar refractivity (Wildman–Crippen MR) is 170 cm³/mol. The number of sulfonamides is 1. The molecule has 4 aromatic rings. The van der Waals surface area contributed by atoms with Gasteiger partial charge in [0.2, 0.25) is 15.9 Å². The normalized spacial score (nSPS) is 18.7. The van der Waals surface area contributed by atoms with E-state index in [0.29, 0.717) is 29.2 Å². The van der Waals surface area contributed by atoms with Gasteiger partial charge < -0.3 is 16.4 Å². The molecule has 1 amide bonds. The van der Waals surface area contributed by atoms with E-state index in [1.165, 1.54) is 28.7 Å². The van der Waals surface area contributed by atoms with Crippen molar-refractivity contribution in [3.8, 4) is 0 Å². The van der Waals surface area contributed by atoms with Crippen molar-refractivity contribution in [2.75, 3.05) is 18.4 Å². The maximum absolute atomic E-state index is 15.3. The van der Waals surface area contributed by atoms with Crippen LogP contribution in [0, 0.1) is 11.6 Å². The van der Waals surface area contributed by atoms with E-state index in [0.717, 1.165) is 6.20 Å². The number of piperazine rings is 1. The average molecular weight is 654 g/mol. The Labute approximate surface area is 266 Å². The van der Waals surface area contributed by atoms with Gasteiger partial charge in [-0.15, -0.1) is 0 Å². The average Bonchev–Trinajstić information content (AvgIpc) is 3.02. The number of amides is 1. The van der Waals surface area contributed by atoms with Gasteiger partial charge in [0.15, 0.2) is 0 Å². The van der Waals surface area contributed by atoms with E-state index in [1.807, 2.05) is 6.92 Å². The summed E-state index contributed by atoms with van der Waals surface area (Å²) in [7, 11) is -3.82. The Morgan fingerprint density at radius 1 is 1.04 bits per heavy atom. The summed E-state index contributed by atoms with van der Waals surface area (Å²) >= 11 is 6.07. The van der Waals surface area contributed by atoms with Crippen molar-refractivity contribution in [2.24, 2.45) is 5.73 Å². The number of hydrogen-bond acceptors (Lipinski definition) is 6. The van der Waals surface area contributed by atoms with Gasteiger partial charge >= 0.3 is 0 Å². The number of anilines is 1. The summed E-state index contributed by atoms with van der Waals surface area (Å²) in [4.78, 5) is 17.7. The van der Waals surface area contributed by atoms with E-state index in [1.54, 1.807) is 60.7 Å². The van der Waals surface area contributed by atoms with E-state index in [4.69, 9.17) is 17.3 Å². The van der Waals surface area contributed by atoms with E-state index < -0.39 is 45.6 Å². The molecule has 5 rings (SSSR count). The van der Waals surface area contributed by atoms with Gasteiger partial charge in [-0.1, -0.05) is 54.1 Å². The van der Waals surface area contributed by atoms with Crippen LogP contribution in [0.15, 0.2) is 96.2 Å². The quantitative estimate of drug-likeness (QED) is 0.219. The number of nitrogens with one attached hydrogen (secondary N) is 2.